The number of unbranched alkanes of at least 4 members (excludes halogenated alkanes) is 10. The molecule has 0 rings (SSSR count). The number of rotatable bonds is 21. The molecule has 2 amide bonds. The van der Waals surface area contributed by atoms with E-state index in [9.17, 15) is 9.59 Å². The van der Waals surface area contributed by atoms with Gasteiger partial charge in [0.05, 0.1) is 5.92 Å². The summed E-state index contributed by atoms with van der Waals surface area (Å²) >= 11 is 0. The highest BCUT2D eigenvalue weighted by Crippen LogP contribution is 2.12. The molecule has 6 heteroatoms. The van der Waals surface area contributed by atoms with Crippen LogP contribution in [0.1, 0.15) is 96.8 Å². The highest BCUT2D eigenvalue weighted by molar-refractivity contribution is 5.87. The Morgan fingerprint density at radius 3 is 1.87 bits per heavy atom. The first kappa shape index (κ1) is 28.6. The Morgan fingerprint density at radius 1 is 0.767 bits per heavy atom. The van der Waals surface area contributed by atoms with Crippen LogP contribution in [0, 0.1) is 5.92 Å². The third-order valence-electron chi connectivity index (χ3n) is 5.13. The molecule has 0 bridgehead atoms. The van der Waals surface area contributed by atoms with Crippen molar-refractivity contribution in [2.45, 2.75) is 96.8 Å². The van der Waals surface area contributed by atoms with Crippen molar-refractivity contribution in [3.63, 3.8) is 0 Å². The summed E-state index contributed by atoms with van der Waals surface area (Å²) in [6.07, 6.45) is 18.8. The summed E-state index contributed by atoms with van der Waals surface area (Å²) in [7, 11) is 0. The van der Waals surface area contributed by atoms with E-state index in [2.05, 4.69) is 17.6 Å². The van der Waals surface area contributed by atoms with Crippen LogP contribution in [0.2, 0.25) is 0 Å². The summed E-state index contributed by atoms with van der Waals surface area (Å²) in [6, 6.07) is 0. The fraction of sp³-hybridized carbons (Fsp3) is 0.833. The van der Waals surface area contributed by atoms with Crippen LogP contribution in [0.25, 0.3) is 0 Å². The molecule has 0 aliphatic carbocycles. The second-order valence-corrected chi connectivity index (χ2v) is 8.00. The second-order valence-electron chi connectivity index (χ2n) is 8.00. The van der Waals surface area contributed by atoms with E-state index < -0.39 is 5.92 Å². The van der Waals surface area contributed by atoms with Crippen molar-refractivity contribution in [1.82, 2.24) is 10.6 Å². The molecule has 30 heavy (non-hydrogen) atoms. The van der Waals surface area contributed by atoms with E-state index in [1.54, 1.807) is 0 Å². The summed E-state index contributed by atoms with van der Waals surface area (Å²) in [5.41, 5.74) is 0. The highest BCUT2D eigenvalue weighted by Gasteiger charge is 2.18. The fourth-order valence-corrected chi connectivity index (χ4v) is 3.26. The van der Waals surface area contributed by atoms with Crippen molar-refractivity contribution in [1.29, 1.82) is 0 Å². The van der Waals surface area contributed by atoms with E-state index in [-0.39, 0.29) is 31.4 Å². The molecule has 6 nitrogen and oxygen atoms in total. The lowest BCUT2D eigenvalue weighted by molar-refractivity contribution is -0.128. The molecular weight excluding hydrogens is 380 g/mol. The molecule has 4 N–H and O–H groups in total. The molecule has 0 saturated carbocycles. The quantitative estimate of drug-likeness (QED) is 0.165. The zero-order chi connectivity index (χ0) is 22.3. The van der Waals surface area contributed by atoms with E-state index in [0.29, 0.717) is 25.9 Å². The highest BCUT2D eigenvalue weighted by atomic mass is 16.3. The topological polar surface area (TPSA) is 98.7 Å². The van der Waals surface area contributed by atoms with Gasteiger partial charge in [-0.3, -0.25) is 9.59 Å². The molecule has 1 unspecified atom stereocenters. The van der Waals surface area contributed by atoms with E-state index >= 15 is 0 Å². The summed E-state index contributed by atoms with van der Waals surface area (Å²) in [6.45, 7) is 3.13. The van der Waals surface area contributed by atoms with Crippen LogP contribution in [0.5, 0.6) is 0 Å². The third-order valence-corrected chi connectivity index (χ3v) is 5.13. The summed E-state index contributed by atoms with van der Waals surface area (Å²) in [5.74, 6) is -0.865. The van der Waals surface area contributed by atoms with Crippen LogP contribution in [-0.2, 0) is 9.59 Å². The number of carbonyl (C=O) groups is 2. The van der Waals surface area contributed by atoms with Gasteiger partial charge in [0.25, 0.3) is 0 Å². The summed E-state index contributed by atoms with van der Waals surface area (Å²) in [5, 5.41) is 23.2. The largest absolute Gasteiger partial charge is 0.396 e. The van der Waals surface area contributed by atoms with Gasteiger partial charge in [0.2, 0.25) is 11.8 Å². The molecule has 0 aliphatic heterocycles. The third kappa shape index (κ3) is 18.6. The molecule has 0 saturated heterocycles. The number of amides is 2. The predicted molar refractivity (Wildman–Crippen MR) is 123 cm³/mol. The number of allylic oxidation sites excluding steroid dienone is 1. The zero-order valence-electron chi connectivity index (χ0n) is 19.2. The lowest BCUT2D eigenvalue weighted by Crippen LogP contribution is -2.35. The van der Waals surface area contributed by atoms with Gasteiger partial charge in [-0.2, -0.15) is 0 Å². The van der Waals surface area contributed by atoms with Crippen molar-refractivity contribution >= 4 is 11.8 Å². The summed E-state index contributed by atoms with van der Waals surface area (Å²) < 4.78 is 0. The van der Waals surface area contributed by atoms with Gasteiger partial charge in [-0.25, -0.2) is 0 Å². The van der Waals surface area contributed by atoms with Crippen LogP contribution < -0.4 is 10.6 Å². The van der Waals surface area contributed by atoms with Gasteiger partial charge in [-0.05, 0) is 25.7 Å². The zero-order valence-corrected chi connectivity index (χ0v) is 19.2. The van der Waals surface area contributed by atoms with Crippen molar-refractivity contribution < 1.29 is 19.8 Å². The van der Waals surface area contributed by atoms with E-state index in [1.165, 1.54) is 57.8 Å². The molecule has 0 aliphatic rings. The first-order valence-corrected chi connectivity index (χ1v) is 12.1. The Kier molecular flexibility index (Phi) is 21.2. The van der Waals surface area contributed by atoms with Crippen molar-refractivity contribution in [2.24, 2.45) is 5.92 Å². The monoisotopic (exact) mass is 426 g/mol. The number of aliphatic hydroxyl groups is 2. The van der Waals surface area contributed by atoms with Gasteiger partial charge in [-0.1, -0.05) is 76.9 Å². The lowest BCUT2D eigenvalue weighted by atomic mass is 10.0. The minimum absolute atomic E-state index is 0.0289. The van der Waals surface area contributed by atoms with Gasteiger partial charge in [-0.15, -0.1) is 0 Å². The van der Waals surface area contributed by atoms with Gasteiger partial charge in [0.15, 0.2) is 0 Å². The molecule has 0 radical (unpaired) electrons. The minimum atomic E-state index is -0.499. The normalized spacial score (nSPS) is 12.2. The maximum atomic E-state index is 12.4. The van der Waals surface area contributed by atoms with Crippen LogP contribution in [0.4, 0.5) is 0 Å². The average molecular weight is 427 g/mol. The molecule has 0 spiro atoms. The Labute approximate surface area is 183 Å². The predicted octanol–water partition coefficient (Wildman–Crippen LogP) is 3.86. The lowest BCUT2D eigenvalue weighted by Gasteiger charge is -2.13. The Hall–Kier alpha value is -1.40. The van der Waals surface area contributed by atoms with E-state index in [0.717, 1.165) is 12.8 Å². The Morgan fingerprint density at radius 2 is 1.30 bits per heavy atom. The van der Waals surface area contributed by atoms with Crippen molar-refractivity contribution in [3.05, 3.63) is 12.2 Å². The minimum Gasteiger partial charge on any atom is -0.396 e. The molecule has 0 fully saturated rings. The number of aliphatic hydroxyl groups excluding tert-OH is 2. The number of hydrogen-bond donors (Lipinski definition) is 4. The molecule has 1 atom stereocenters. The van der Waals surface area contributed by atoms with E-state index in [1.807, 2.05) is 12.2 Å². The molecule has 0 aromatic rings. The molecule has 0 aromatic heterocycles. The number of carbonyl (C=O) groups excluding carboxylic acids is 2. The van der Waals surface area contributed by atoms with Crippen LogP contribution in [0.15, 0.2) is 12.2 Å². The van der Waals surface area contributed by atoms with E-state index in [4.69, 9.17) is 10.2 Å². The first-order chi connectivity index (χ1) is 14.7. The molecule has 176 valence electrons. The Balaban J connectivity index is 4.11. The molecular formula is C24H46N2O4. The Bertz CT molecular complexity index is 441. The van der Waals surface area contributed by atoms with Gasteiger partial charge < -0.3 is 20.8 Å². The van der Waals surface area contributed by atoms with Gasteiger partial charge >= 0.3 is 0 Å². The average Bonchev–Trinajstić information content (AvgIpc) is 2.74. The number of nitrogens with one attached hydrogen (secondary N) is 2. The van der Waals surface area contributed by atoms with Crippen LogP contribution in [-0.4, -0.2) is 48.3 Å². The SMILES string of the molecule is CCCCCCCCCCCC/C=C/C(CC(=O)NCCCO)C(=O)NCCCO. The summed E-state index contributed by atoms with van der Waals surface area (Å²) in [4.78, 5) is 24.4. The van der Waals surface area contributed by atoms with Crippen LogP contribution in [0.3, 0.4) is 0 Å². The van der Waals surface area contributed by atoms with Crippen LogP contribution >= 0.6 is 0 Å². The fourth-order valence-electron chi connectivity index (χ4n) is 3.26. The first-order valence-electron chi connectivity index (χ1n) is 12.1. The maximum Gasteiger partial charge on any atom is 0.227 e. The molecule has 0 heterocycles. The standard InChI is InChI=1S/C24H46N2O4/c1-2-3-4-5-6-7-8-9-10-11-12-13-16-22(24(30)26-18-15-20-28)21-23(29)25-17-14-19-27/h13,16,22,27-28H,2-12,14-15,17-21H2,1H3,(H,25,29)(H,26,30)/b16-13+. The van der Waals surface area contributed by atoms with Crippen molar-refractivity contribution in [3.8, 4) is 0 Å². The molecule has 0 aromatic carbocycles. The van der Waals surface area contributed by atoms with Crippen molar-refractivity contribution in [2.75, 3.05) is 26.3 Å². The second kappa shape index (κ2) is 22.3. The van der Waals surface area contributed by atoms with Gasteiger partial charge in [0, 0.05) is 32.7 Å². The number of hydrogen-bond acceptors (Lipinski definition) is 4. The maximum absolute atomic E-state index is 12.4. The smallest absolute Gasteiger partial charge is 0.227 e. The van der Waals surface area contributed by atoms with Gasteiger partial charge in [0.1, 0.15) is 0 Å².